The molecular formula is C17H26F3N3OS. The zero-order valence-electron chi connectivity index (χ0n) is 14.7. The molecule has 0 saturated heterocycles. The van der Waals surface area contributed by atoms with Crippen LogP contribution >= 0.6 is 11.8 Å². The first-order valence-corrected chi connectivity index (χ1v) is 9.63. The highest BCUT2D eigenvalue weighted by molar-refractivity contribution is 7.98. The summed E-state index contributed by atoms with van der Waals surface area (Å²) in [5.74, 6) is 2.09. The molecule has 1 rings (SSSR count). The Morgan fingerprint density at radius 2 is 1.88 bits per heavy atom. The Morgan fingerprint density at radius 1 is 1.16 bits per heavy atom. The van der Waals surface area contributed by atoms with E-state index in [9.17, 15) is 13.2 Å². The number of rotatable bonds is 10. The first-order chi connectivity index (χ1) is 11.9. The van der Waals surface area contributed by atoms with Crippen LogP contribution in [-0.2, 0) is 6.54 Å². The van der Waals surface area contributed by atoms with Gasteiger partial charge in [-0.15, -0.1) is 0 Å². The minimum absolute atomic E-state index is 0.198. The van der Waals surface area contributed by atoms with E-state index < -0.39 is 12.8 Å². The van der Waals surface area contributed by atoms with Crippen LogP contribution < -0.4 is 15.4 Å². The number of benzene rings is 1. The van der Waals surface area contributed by atoms with Gasteiger partial charge in [-0.05, 0) is 49.5 Å². The Bertz CT molecular complexity index is 507. The highest BCUT2D eigenvalue weighted by atomic mass is 32.2. The Labute approximate surface area is 151 Å². The van der Waals surface area contributed by atoms with E-state index in [1.54, 1.807) is 12.1 Å². The molecule has 0 fully saturated rings. The molecule has 0 aliphatic heterocycles. The lowest BCUT2D eigenvalue weighted by Gasteiger charge is -2.11. The molecule has 0 radical (unpaired) electrons. The average molecular weight is 377 g/mol. The van der Waals surface area contributed by atoms with Gasteiger partial charge in [0.2, 0.25) is 0 Å². The summed E-state index contributed by atoms with van der Waals surface area (Å²) in [6.45, 7) is 2.78. The van der Waals surface area contributed by atoms with Crippen LogP contribution in [0.5, 0.6) is 5.75 Å². The van der Waals surface area contributed by atoms with Crippen LogP contribution in [0.2, 0.25) is 0 Å². The van der Waals surface area contributed by atoms with Gasteiger partial charge in [-0.2, -0.15) is 24.9 Å². The summed E-state index contributed by atoms with van der Waals surface area (Å²) in [5, 5.41) is 6.45. The zero-order valence-corrected chi connectivity index (χ0v) is 15.5. The standard InChI is InChI=1S/C17H26F3N3OS/c1-3-21-16(22-10-4-5-11-25-2)23-12-14-6-8-15(9-7-14)24-13-17(18,19)20/h6-9H,3-5,10-13H2,1-2H3,(H2,21,22,23). The number of ether oxygens (including phenoxy) is 1. The Hall–Kier alpha value is -1.57. The Morgan fingerprint density at radius 3 is 2.48 bits per heavy atom. The molecule has 0 aliphatic carbocycles. The fraction of sp³-hybridized carbons (Fsp3) is 0.588. The molecular weight excluding hydrogens is 351 g/mol. The maximum Gasteiger partial charge on any atom is 0.422 e. The molecule has 142 valence electrons. The number of alkyl halides is 3. The Balaban J connectivity index is 2.46. The van der Waals surface area contributed by atoms with Gasteiger partial charge in [-0.25, -0.2) is 4.99 Å². The number of hydrogen-bond donors (Lipinski definition) is 2. The fourth-order valence-corrected chi connectivity index (χ4v) is 2.44. The van der Waals surface area contributed by atoms with Gasteiger partial charge in [0.05, 0.1) is 6.54 Å². The van der Waals surface area contributed by atoms with Crippen molar-refractivity contribution in [1.29, 1.82) is 0 Å². The number of aliphatic imine (C=N–C) groups is 1. The summed E-state index contributed by atoms with van der Waals surface area (Å²) in [7, 11) is 0. The predicted octanol–water partition coefficient (Wildman–Crippen LogP) is 3.83. The number of hydrogen-bond acceptors (Lipinski definition) is 3. The molecule has 4 nitrogen and oxygen atoms in total. The van der Waals surface area contributed by atoms with Crippen molar-refractivity contribution in [1.82, 2.24) is 10.6 Å². The summed E-state index contributed by atoms with van der Waals surface area (Å²) in [6, 6.07) is 6.49. The van der Waals surface area contributed by atoms with E-state index in [-0.39, 0.29) is 5.75 Å². The van der Waals surface area contributed by atoms with Crippen LogP contribution in [0.3, 0.4) is 0 Å². The molecule has 0 aliphatic rings. The highest BCUT2D eigenvalue weighted by Crippen LogP contribution is 2.19. The second-order valence-corrected chi connectivity index (χ2v) is 6.36. The molecule has 0 aromatic heterocycles. The van der Waals surface area contributed by atoms with Crippen molar-refractivity contribution in [2.75, 3.05) is 31.7 Å². The van der Waals surface area contributed by atoms with Crippen molar-refractivity contribution >= 4 is 17.7 Å². The molecule has 1 aromatic carbocycles. The topological polar surface area (TPSA) is 45.7 Å². The summed E-state index contributed by atoms with van der Waals surface area (Å²) in [5.41, 5.74) is 0.902. The van der Waals surface area contributed by atoms with Gasteiger partial charge in [0, 0.05) is 13.1 Å². The third-order valence-electron chi connectivity index (χ3n) is 3.16. The monoisotopic (exact) mass is 377 g/mol. The van der Waals surface area contributed by atoms with E-state index >= 15 is 0 Å². The molecule has 0 unspecified atom stereocenters. The van der Waals surface area contributed by atoms with Crippen LogP contribution in [0.1, 0.15) is 25.3 Å². The molecule has 0 spiro atoms. The van der Waals surface area contributed by atoms with Crippen molar-refractivity contribution in [2.45, 2.75) is 32.5 Å². The van der Waals surface area contributed by atoms with Crippen molar-refractivity contribution < 1.29 is 17.9 Å². The van der Waals surface area contributed by atoms with E-state index in [0.717, 1.165) is 43.2 Å². The molecule has 0 amide bonds. The van der Waals surface area contributed by atoms with E-state index in [1.165, 1.54) is 12.1 Å². The number of halogens is 3. The van der Waals surface area contributed by atoms with Gasteiger partial charge in [-0.1, -0.05) is 12.1 Å². The third kappa shape index (κ3) is 10.8. The number of thioether (sulfide) groups is 1. The van der Waals surface area contributed by atoms with Gasteiger partial charge >= 0.3 is 6.18 Å². The SMILES string of the molecule is CCNC(=NCc1ccc(OCC(F)(F)F)cc1)NCCCCSC. The first kappa shape index (κ1) is 21.5. The maximum atomic E-state index is 12.1. The van der Waals surface area contributed by atoms with Crippen LogP contribution in [0.25, 0.3) is 0 Å². The van der Waals surface area contributed by atoms with Gasteiger partial charge in [0.1, 0.15) is 5.75 Å². The minimum Gasteiger partial charge on any atom is -0.484 e. The normalized spacial score (nSPS) is 12.1. The van der Waals surface area contributed by atoms with Crippen molar-refractivity contribution in [3.05, 3.63) is 29.8 Å². The summed E-state index contributed by atoms with van der Waals surface area (Å²) in [6.07, 6.45) is 0.00697. The van der Waals surface area contributed by atoms with Crippen molar-refractivity contribution in [3.63, 3.8) is 0 Å². The number of unbranched alkanes of at least 4 members (excludes halogenated alkanes) is 1. The summed E-state index contributed by atoms with van der Waals surface area (Å²) in [4.78, 5) is 4.48. The lowest BCUT2D eigenvalue weighted by molar-refractivity contribution is -0.153. The van der Waals surface area contributed by atoms with E-state index in [2.05, 4.69) is 26.6 Å². The molecule has 25 heavy (non-hydrogen) atoms. The first-order valence-electron chi connectivity index (χ1n) is 8.24. The number of nitrogens with one attached hydrogen (secondary N) is 2. The summed E-state index contributed by atoms with van der Waals surface area (Å²) >= 11 is 1.84. The smallest absolute Gasteiger partial charge is 0.422 e. The maximum absolute atomic E-state index is 12.1. The lowest BCUT2D eigenvalue weighted by Crippen LogP contribution is -2.37. The van der Waals surface area contributed by atoms with E-state index in [0.29, 0.717) is 6.54 Å². The van der Waals surface area contributed by atoms with Crippen LogP contribution in [0.4, 0.5) is 13.2 Å². The van der Waals surface area contributed by atoms with Crippen LogP contribution in [-0.4, -0.2) is 43.8 Å². The predicted molar refractivity (Wildman–Crippen MR) is 98.4 cm³/mol. The van der Waals surface area contributed by atoms with Gasteiger partial charge in [0.25, 0.3) is 0 Å². The number of nitrogens with zero attached hydrogens (tertiary/aromatic N) is 1. The fourth-order valence-electron chi connectivity index (χ4n) is 1.95. The van der Waals surface area contributed by atoms with Crippen molar-refractivity contribution in [3.8, 4) is 5.75 Å². The minimum atomic E-state index is -4.33. The second-order valence-electron chi connectivity index (χ2n) is 5.37. The Kier molecular flexibility index (Phi) is 10.2. The highest BCUT2D eigenvalue weighted by Gasteiger charge is 2.28. The third-order valence-corrected chi connectivity index (χ3v) is 3.85. The van der Waals surface area contributed by atoms with E-state index in [1.807, 2.05) is 18.7 Å². The average Bonchev–Trinajstić information content (AvgIpc) is 2.58. The molecule has 8 heteroatoms. The van der Waals surface area contributed by atoms with Gasteiger partial charge < -0.3 is 15.4 Å². The molecule has 2 N–H and O–H groups in total. The lowest BCUT2D eigenvalue weighted by atomic mass is 10.2. The molecule has 0 heterocycles. The van der Waals surface area contributed by atoms with Gasteiger partial charge in [-0.3, -0.25) is 0 Å². The van der Waals surface area contributed by atoms with Crippen LogP contribution in [0.15, 0.2) is 29.3 Å². The second kappa shape index (κ2) is 11.9. The zero-order chi connectivity index (χ0) is 18.5. The van der Waals surface area contributed by atoms with E-state index in [4.69, 9.17) is 0 Å². The molecule has 1 aromatic rings. The van der Waals surface area contributed by atoms with Crippen molar-refractivity contribution in [2.24, 2.45) is 4.99 Å². The molecule has 0 bridgehead atoms. The van der Waals surface area contributed by atoms with Gasteiger partial charge in [0.15, 0.2) is 12.6 Å². The number of guanidine groups is 1. The quantitative estimate of drug-likeness (QED) is 0.370. The summed E-state index contributed by atoms with van der Waals surface area (Å²) < 4.78 is 41.0. The van der Waals surface area contributed by atoms with Crippen LogP contribution in [0, 0.1) is 0 Å². The molecule has 0 saturated carbocycles. The molecule has 0 atom stereocenters. The largest absolute Gasteiger partial charge is 0.484 e.